The number of aromatic nitrogens is 1. The van der Waals surface area contributed by atoms with Gasteiger partial charge in [-0.05, 0) is 18.2 Å². The second-order valence-electron chi connectivity index (χ2n) is 4.27. The predicted octanol–water partition coefficient (Wildman–Crippen LogP) is 4.39. The Morgan fingerprint density at radius 1 is 1.27 bits per heavy atom. The van der Waals surface area contributed by atoms with Gasteiger partial charge < -0.3 is 4.74 Å². The highest BCUT2D eigenvalue weighted by molar-refractivity contribution is 6.32. The van der Waals surface area contributed by atoms with Gasteiger partial charge in [0.15, 0.2) is 0 Å². The minimum absolute atomic E-state index is 0.387. The van der Waals surface area contributed by atoms with Crippen LogP contribution in [-0.4, -0.2) is 18.1 Å². The van der Waals surface area contributed by atoms with E-state index in [4.69, 9.17) is 16.3 Å². The lowest BCUT2D eigenvalue weighted by Gasteiger charge is -2.17. The monoisotopic (exact) mass is 330 g/mol. The van der Waals surface area contributed by atoms with Gasteiger partial charge in [-0.25, -0.2) is 9.78 Å². The number of ether oxygens (including phenoxy) is 1. The van der Waals surface area contributed by atoms with Gasteiger partial charge in [0.05, 0.1) is 5.56 Å². The Labute approximate surface area is 129 Å². The highest BCUT2D eigenvalue weighted by atomic mass is 35.5. The minimum atomic E-state index is -4.57. The van der Waals surface area contributed by atoms with Gasteiger partial charge in [-0.15, -0.1) is 0 Å². The Bertz CT molecular complexity index is 678. The third kappa shape index (κ3) is 3.67. The highest BCUT2D eigenvalue weighted by Crippen LogP contribution is 2.33. The zero-order valence-electron chi connectivity index (χ0n) is 11.3. The van der Waals surface area contributed by atoms with Crippen molar-refractivity contribution in [2.45, 2.75) is 6.18 Å². The van der Waals surface area contributed by atoms with Crippen LogP contribution >= 0.6 is 11.6 Å². The number of benzene rings is 1. The highest BCUT2D eigenvalue weighted by Gasteiger charge is 2.32. The van der Waals surface area contributed by atoms with E-state index in [1.165, 1.54) is 11.9 Å². The number of anilines is 1. The van der Waals surface area contributed by atoms with E-state index in [-0.39, 0.29) is 5.88 Å². The molecule has 0 N–H and O–H groups in total. The van der Waals surface area contributed by atoms with Crippen LogP contribution in [0.2, 0.25) is 5.02 Å². The standard InChI is InChI=1S/C14H10ClF3N2O2/c1-20(10-5-3-2-4-6-10)13(21)22-12-11(15)7-9(8-19-12)14(16,17)18/h2-8H,1H3. The third-order valence-corrected chi connectivity index (χ3v) is 3.01. The molecular formula is C14H10ClF3N2O2. The first kappa shape index (κ1) is 16.1. The second-order valence-corrected chi connectivity index (χ2v) is 4.68. The number of rotatable bonds is 2. The second kappa shape index (κ2) is 6.23. The smallest absolute Gasteiger partial charge is 0.389 e. The number of hydrogen-bond donors (Lipinski definition) is 0. The van der Waals surface area contributed by atoms with E-state index in [2.05, 4.69) is 4.98 Å². The molecule has 0 saturated carbocycles. The van der Waals surface area contributed by atoms with Crippen LogP contribution in [0.25, 0.3) is 0 Å². The number of pyridine rings is 1. The summed E-state index contributed by atoms with van der Waals surface area (Å²) >= 11 is 5.67. The minimum Gasteiger partial charge on any atom is -0.389 e. The molecule has 0 unspecified atom stereocenters. The average molecular weight is 331 g/mol. The van der Waals surface area contributed by atoms with Gasteiger partial charge in [-0.3, -0.25) is 4.90 Å². The molecule has 0 saturated heterocycles. The Hall–Kier alpha value is -2.28. The molecule has 4 nitrogen and oxygen atoms in total. The first-order chi connectivity index (χ1) is 10.3. The fraction of sp³-hybridized carbons (Fsp3) is 0.143. The first-order valence-corrected chi connectivity index (χ1v) is 6.40. The van der Waals surface area contributed by atoms with Crippen molar-refractivity contribution in [3.8, 4) is 5.88 Å². The fourth-order valence-electron chi connectivity index (χ4n) is 1.56. The van der Waals surface area contributed by atoms with Crippen molar-refractivity contribution in [2.24, 2.45) is 0 Å². The van der Waals surface area contributed by atoms with Gasteiger partial charge in [0.25, 0.3) is 0 Å². The quantitative estimate of drug-likeness (QED) is 0.820. The van der Waals surface area contributed by atoms with Gasteiger partial charge in [0.1, 0.15) is 5.02 Å². The van der Waals surface area contributed by atoms with E-state index in [9.17, 15) is 18.0 Å². The van der Waals surface area contributed by atoms with E-state index in [1.54, 1.807) is 30.3 Å². The molecule has 8 heteroatoms. The molecule has 1 aromatic heterocycles. The van der Waals surface area contributed by atoms with Crippen LogP contribution in [0.15, 0.2) is 42.6 Å². The van der Waals surface area contributed by atoms with Crippen molar-refractivity contribution in [3.63, 3.8) is 0 Å². The lowest BCUT2D eigenvalue weighted by Crippen LogP contribution is -2.29. The van der Waals surface area contributed by atoms with Gasteiger partial charge in [-0.1, -0.05) is 29.8 Å². The lowest BCUT2D eigenvalue weighted by atomic mass is 10.3. The van der Waals surface area contributed by atoms with E-state index < -0.39 is 22.9 Å². The number of amides is 1. The van der Waals surface area contributed by atoms with Crippen molar-refractivity contribution in [1.29, 1.82) is 0 Å². The van der Waals surface area contributed by atoms with Crippen LogP contribution < -0.4 is 9.64 Å². The molecule has 22 heavy (non-hydrogen) atoms. The molecule has 0 aliphatic rings. The van der Waals surface area contributed by atoms with Crippen LogP contribution in [-0.2, 0) is 6.18 Å². The fourth-order valence-corrected chi connectivity index (χ4v) is 1.77. The number of halogens is 4. The summed E-state index contributed by atoms with van der Waals surface area (Å²) in [6.45, 7) is 0. The van der Waals surface area contributed by atoms with Crippen molar-refractivity contribution in [2.75, 3.05) is 11.9 Å². The molecule has 2 aromatic rings. The van der Waals surface area contributed by atoms with Gasteiger partial charge in [0.2, 0.25) is 5.88 Å². The Balaban J connectivity index is 2.15. The summed E-state index contributed by atoms with van der Waals surface area (Å²) in [4.78, 5) is 16.5. The number of carbonyl (C=O) groups is 1. The van der Waals surface area contributed by atoms with Crippen LogP contribution in [0, 0.1) is 0 Å². The molecule has 0 aliphatic carbocycles. The summed E-state index contributed by atoms with van der Waals surface area (Å²) in [5, 5.41) is -0.398. The van der Waals surface area contributed by atoms with E-state index >= 15 is 0 Å². The predicted molar refractivity (Wildman–Crippen MR) is 75.1 cm³/mol. The average Bonchev–Trinajstić information content (AvgIpc) is 2.48. The maximum atomic E-state index is 12.5. The normalized spacial score (nSPS) is 11.1. The summed E-state index contributed by atoms with van der Waals surface area (Å²) in [7, 11) is 1.45. The molecule has 0 spiro atoms. The molecular weight excluding hydrogens is 321 g/mol. The number of hydrogen-bond acceptors (Lipinski definition) is 3. The molecule has 0 fully saturated rings. The number of carbonyl (C=O) groups excluding carboxylic acids is 1. The summed E-state index contributed by atoms with van der Waals surface area (Å²) in [5.41, 5.74) is -0.468. The zero-order chi connectivity index (χ0) is 16.3. The molecule has 0 aliphatic heterocycles. The van der Waals surface area contributed by atoms with E-state index in [1.807, 2.05) is 0 Å². The van der Waals surface area contributed by atoms with Crippen molar-refractivity contribution < 1.29 is 22.7 Å². The maximum absolute atomic E-state index is 12.5. The molecule has 0 radical (unpaired) electrons. The summed E-state index contributed by atoms with van der Waals surface area (Å²) in [6.07, 6.45) is -4.84. The Kier molecular flexibility index (Phi) is 4.56. The third-order valence-electron chi connectivity index (χ3n) is 2.74. The first-order valence-electron chi connectivity index (χ1n) is 6.02. The Morgan fingerprint density at radius 3 is 2.45 bits per heavy atom. The summed E-state index contributed by atoms with van der Waals surface area (Å²) < 4.78 is 42.4. The molecule has 2 rings (SSSR count). The molecule has 0 atom stereocenters. The van der Waals surface area contributed by atoms with E-state index in [0.717, 1.165) is 0 Å². The lowest BCUT2D eigenvalue weighted by molar-refractivity contribution is -0.137. The van der Waals surface area contributed by atoms with Gasteiger partial charge in [-0.2, -0.15) is 13.2 Å². The van der Waals surface area contributed by atoms with Crippen LogP contribution in [0.3, 0.4) is 0 Å². The Morgan fingerprint density at radius 2 is 1.91 bits per heavy atom. The van der Waals surface area contributed by atoms with Crippen molar-refractivity contribution in [3.05, 3.63) is 53.2 Å². The van der Waals surface area contributed by atoms with E-state index in [0.29, 0.717) is 18.0 Å². The number of nitrogens with zero attached hydrogens (tertiary/aromatic N) is 2. The topological polar surface area (TPSA) is 42.4 Å². The molecule has 0 bridgehead atoms. The van der Waals surface area contributed by atoms with Gasteiger partial charge >= 0.3 is 12.3 Å². The van der Waals surface area contributed by atoms with Crippen LogP contribution in [0.4, 0.5) is 23.7 Å². The van der Waals surface area contributed by atoms with Crippen LogP contribution in [0.5, 0.6) is 5.88 Å². The van der Waals surface area contributed by atoms with Crippen LogP contribution in [0.1, 0.15) is 5.56 Å². The zero-order valence-corrected chi connectivity index (χ0v) is 12.0. The van der Waals surface area contributed by atoms with Gasteiger partial charge in [0, 0.05) is 18.9 Å². The van der Waals surface area contributed by atoms with Crippen molar-refractivity contribution in [1.82, 2.24) is 4.98 Å². The summed E-state index contributed by atoms with van der Waals surface area (Å²) in [6, 6.07) is 9.22. The molecule has 116 valence electrons. The number of alkyl halides is 3. The number of para-hydroxylation sites is 1. The summed E-state index contributed by atoms with van der Waals surface area (Å²) in [5.74, 6) is -0.387. The molecule has 1 aromatic carbocycles. The van der Waals surface area contributed by atoms with Crippen molar-refractivity contribution >= 4 is 23.4 Å². The largest absolute Gasteiger partial charge is 0.420 e. The molecule has 1 amide bonds. The SMILES string of the molecule is CN(C(=O)Oc1ncc(C(F)(F)F)cc1Cl)c1ccccc1. The molecule has 1 heterocycles. The maximum Gasteiger partial charge on any atom is 0.420 e.